The number of thiophene rings is 1. The third-order valence-electron chi connectivity index (χ3n) is 6.59. The molecule has 1 aliphatic heterocycles. The fraction of sp³-hybridized carbons (Fsp3) is 0.414. The molecule has 11 nitrogen and oxygen atoms in total. The molecule has 1 fully saturated rings. The molecule has 1 unspecified atom stereocenters. The molecule has 0 bridgehead atoms. The summed E-state index contributed by atoms with van der Waals surface area (Å²) in [4.78, 5) is 48.3. The first-order chi connectivity index (χ1) is 19.8. The molecule has 1 aliphatic rings. The van der Waals surface area contributed by atoms with E-state index in [9.17, 15) is 19.5 Å². The maximum Gasteiger partial charge on any atom is 0.330 e. The Morgan fingerprint density at radius 2 is 1.85 bits per heavy atom. The lowest BCUT2D eigenvalue weighted by atomic mass is 10.1. The van der Waals surface area contributed by atoms with Crippen LogP contribution >= 0.6 is 11.3 Å². The van der Waals surface area contributed by atoms with Gasteiger partial charge in [-0.15, -0.1) is 11.3 Å². The van der Waals surface area contributed by atoms with E-state index < -0.39 is 17.9 Å². The van der Waals surface area contributed by atoms with Crippen molar-refractivity contribution < 1.29 is 29.0 Å². The molecule has 0 saturated carbocycles. The van der Waals surface area contributed by atoms with Crippen LogP contribution in [0.15, 0.2) is 41.8 Å². The van der Waals surface area contributed by atoms with Crippen molar-refractivity contribution in [2.45, 2.75) is 51.7 Å². The van der Waals surface area contributed by atoms with E-state index in [1.54, 1.807) is 43.5 Å². The maximum absolute atomic E-state index is 13.4. The van der Waals surface area contributed by atoms with Gasteiger partial charge in [-0.05, 0) is 55.8 Å². The van der Waals surface area contributed by atoms with Gasteiger partial charge in [0.15, 0.2) is 0 Å². The van der Waals surface area contributed by atoms with Crippen LogP contribution in [0.25, 0.3) is 0 Å². The number of aryl methyl sites for hydroxylation is 3. The Morgan fingerprint density at radius 3 is 2.54 bits per heavy atom. The number of aromatic hydroxyl groups is 1. The van der Waals surface area contributed by atoms with Gasteiger partial charge in [0, 0.05) is 25.9 Å². The Kier molecular flexibility index (Phi) is 10.6. The van der Waals surface area contributed by atoms with Crippen LogP contribution in [0.5, 0.6) is 5.75 Å². The van der Waals surface area contributed by atoms with Gasteiger partial charge in [0.1, 0.15) is 17.9 Å². The highest BCUT2D eigenvalue weighted by Crippen LogP contribution is 2.16. The molecule has 4 N–H and O–H groups in total. The van der Waals surface area contributed by atoms with E-state index in [-0.39, 0.29) is 29.9 Å². The van der Waals surface area contributed by atoms with E-state index in [2.05, 4.69) is 25.9 Å². The van der Waals surface area contributed by atoms with Crippen LogP contribution < -0.4 is 16.0 Å². The molecular weight excluding hydrogens is 546 g/mol. The van der Waals surface area contributed by atoms with Gasteiger partial charge < -0.3 is 30.5 Å². The molecule has 2 amide bonds. The van der Waals surface area contributed by atoms with E-state index in [4.69, 9.17) is 9.47 Å². The summed E-state index contributed by atoms with van der Waals surface area (Å²) >= 11 is 1.28. The number of nitrogens with zero attached hydrogens (tertiary/aromatic N) is 2. The number of phenols is 1. The average Bonchev–Trinajstić information content (AvgIpc) is 3.49. The van der Waals surface area contributed by atoms with Crippen molar-refractivity contribution in [2.24, 2.45) is 0 Å². The number of nitrogens with one attached hydrogen (secondary N) is 3. The van der Waals surface area contributed by atoms with E-state index in [1.165, 1.54) is 11.3 Å². The van der Waals surface area contributed by atoms with Crippen molar-refractivity contribution in [3.05, 3.63) is 69.2 Å². The first kappa shape index (κ1) is 29.9. The van der Waals surface area contributed by atoms with Crippen molar-refractivity contribution in [3.63, 3.8) is 0 Å². The smallest absolute Gasteiger partial charge is 0.330 e. The van der Waals surface area contributed by atoms with Gasteiger partial charge in [0.2, 0.25) is 5.95 Å². The second-order valence-electron chi connectivity index (χ2n) is 9.76. The molecule has 12 heteroatoms. The predicted molar refractivity (Wildman–Crippen MR) is 154 cm³/mol. The zero-order valence-corrected chi connectivity index (χ0v) is 24.0. The minimum absolute atomic E-state index is 0.137. The Hall–Kier alpha value is -4.03. The average molecular weight is 582 g/mol. The molecule has 41 heavy (non-hydrogen) atoms. The summed E-state index contributed by atoms with van der Waals surface area (Å²) in [6.07, 6.45) is 2.40. The number of phenolic OH excluding ortho intramolecular Hbond substituents is 1. The van der Waals surface area contributed by atoms with E-state index in [0.717, 1.165) is 18.4 Å². The van der Waals surface area contributed by atoms with Gasteiger partial charge in [-0.1, -0.05) is 18.2 Å². The molecule has 218 valence electrons. The second kappa shape index (κ2) is 14.6. The minimum Gasteiger partial charge on any atom is -0.508 e. The molecular formula is C29H35N5O6S. The van der Waals surface area contributed by atoms with Crippen LogP contribution in [0.2, 0.25) is 0 Å². The highest BCUT2D eigenvalue weighted by molar-refractivity contribution is 7.12. The fourth-order valence-electron chi connectivity index (χ4n) is 4.48. The Labute approximate surface area is 242 Å². The number of ether oxygens (including phenoxy) is 2. The quantitative estimate of drug-likeness (QED) is 0.187. The third kappa shape index (κ3) is 8.73. The van der Waals surface area contributed by atoms with E-state index >= 15 is 0 Å². The molecule has 1 saturated heterocycles. The summed E-state index contributed by atoms with van der Waals surface area (Å²) in [6, 6.07) is 9.47. The van der Waals surface area contributed by atoms with Crippen LogP contribution in [-0.4, -0.2) is 71.3 Å². The number of amides is 2. The number of anilines is 1. The number of aromatic nitrogens is 2. The molecule has 3 heterocycles. The summed E-state index contributed by atoms with van der Waals surface area (Å²) in [7, 11) is 0. The topological polar surface area (TPSA) is 152 Å². The van der Waals surface area contributed by atoms with Gasteiger partial charge in [-0.2, -0.15) is 0 Å². The molecule has 2 aromatic heterocycles. The van der Waals surface area contributed by atoms with Crippen LogP contribution in [0, 0.1) is 13.8 Å². The third-order valence-corrected chi connectivity index (χ3v) is 7.46. The first-order valence-electron chi connectivity index (χ1n) is 13.6. The standard InChI is InChI=1S/C29H35N5O6S/c1-18-25(19(2)33-29(32-18)30-12-4-7-20-6-3-8-21(35)16-20)27(37)34-23(17-31-26(36)24-9-5-15-41-24)28(38)40-22-10-13-39-14-11-22/h3,5-6,8-9,15-16,22-23,35H,4,7,10-14,17H2,1-2H3,(H,31,36)(H,34,37)(H,30,32,33). The normalized spacial score (nSPS) is 14.2. The molecule has 1 aromatic carbocycles. The van der Waals surface area contributed by atoms with Crippen molar-refractivity contribution in [3.8, 4) is 5.75 Å². The summed E-state index contributed by atoms with van der Waals surface area (Å²) < 4.78 is 11.0. The summed E-state index contributed by atoms with van der Waals surface area (Å²) in [5.74, 6) is -0.866. The summed E-state index contributed by atoms with van der Waals surface area (Å²) in [5, 5.41) is 20.0. The monoisotopic (exact) mass is 581 g/mol. The lowest BCUT2D eigenvalue weighted by Gasteiger charge is -2.25. The van der Waals surface area contributed by atoms with Gasteiger partial charge >= 0.3 is 5.97 Å². The number of hydrogen-bond acceptors (Lipinski definition) is 10. The lowest BCUT2D eigenvalue weighted by Crippen LogP contribution is -2.50. The predicted octanol–water partition coefficient (Wildman–Crippen LogP) is 3.16. The van der Waals surface area contributed by atoms with Crippen molar-refractivity contribution in [2.75, 3.05) is 31.6 Å². The van der Waals surface area contributed by atoms with Gasteiger partial charge in [0.05, 0.1) is 35.0 Å². The number of hydrogen-bond donors (Lipinski definition) is 4. The molecule has 0 radical (unpaired) electrons. The van der Waals surface area contributed by atoms with Crippen LogP contribution in [0.4, 0.5) is 5.95 Å². The zero-order valence-electron chi connectivity index (χ0n) is 23.1. The number of carbonyl (C=O) groups excluding carboxylic acids is 3. The first-order valence-corrected chi connectivity index (χ1v) is 14.5. The van der Waals surface area contributed by atoms with Crippen LogP contribution in [0.3, 0.4) is 0 Å². The number of esters is 1. The summed E-state index contributed by atoms with van der Waals surface area (Å²) in [5.41, 5.74) is 2.18. The summed E-state index contributed by atoms with van der Waals surface area (Å²) in [6.45, 7) is 4.86. The number of rotatable bonds is 12. The maximum atomic E-state index is 13.4. The van der Waals surface area contributed by atoms with Crippen molar-refractivity contribution in [1.29, 1.82) is 0 Å². The highest BCUT2D eigenvalue weighted by Gasteiger charge is 2.29. The molecule has 0 spiro atoms. The van der Waals surface area contributed by atoms with Gasteiger partial charge in [-0.3, -0.25) is 9.59 Å². The number of benzene rings is 1. The number of carbonyl (C=O) groups is 3. The fourth-order valence-corrected chi connectivity index (χ4v) is 5.12. The Balaban J connectivity index is 1.38. The largest absolute Gasteiger partial charge is 0.508 e. The Morgan fingerprint density at radius 1 is 1.10 bits per heavy atom. The van der Waals surface area contributed by atoms with Gasteiger partial charge in [-0.25, -0.2) is 14.8 Å². The molecule has 0 aliphatic carbocycles. The van der Waals surface area contributed by atoms with Crippen molar-refractivity contribution >= 4 is 35.1 Å². The lowest BCUT2D eigenvalue weighted by molar-refractivity contribution is -0.155. The van der Waals surface area contributed by atoms with Crippen LogP contribution in [-0.2, 0) is 20.7 Å². The van der Waals surface area contributed by atoms with E-state index in [0.29, 0.717) is 54.8 Å². The second-order valence-corrected chi connectivity index (χ2v) is 10.7. The molecule has 3 aromatic rings. The SMILES string of the molecule is Cc1nc(NCCCc2cccc(O)c2)nc(C)c1C(=O)NC(CNC(=O)c1cccs1)C(=O)OC1CCOCC1. The molecule has 1 atom stereocenters. The molecule has 4 rings (SSSR count). The minimum atomic E-state index is -1.11. The highest BCUT2D eigenvalue weighted by atomic mass is 32.1. The van der Waals surface area contributed by atoms with Crippen molar-refractivity contribution in [1.82, 2.24) is 20.6 Å². The van der Waals surface area contributed by atoms with Crippen LogP contribution in [0.1, 0.15) is 56.2 Å². The Bertz CT molecular complexity index is 1320. The van der Waals surface area contributed by atoms with E-state index in [1.807, 2.05) is 12.1 Å². The van der Waals surface area contributed by atoms with Gasteiger partial charge in [0.25, 0.3) is 11.8 Å². The zero-order chi connectivity index (χ0) is 29.2.